The summed E-state index contributed by atoms with van der Waals surface area (Å²) in [5.41, 5.74) is 0.839. The van der Waals surface area contributed by atoms with Gasteiger partial charge in [0.2, 0.25) is 0 Å². The van der Waals surface area contributed by atoms with E-state index in [2.05, 4.69) is 38.5 Å². The fourth-order valence-electron chi connectivity index (χ4n) is 1.00. The summed E-state index contributed by atoms with van der Waals surface area (Å²) in [7, 11) is 0. The molecule has 1 rings (SSSR count). The van der Waals surface area contributed by atoms with Crippen LogP contribution in [0.4, 0.5) is 0 Å². The van der Waals surface area contributed by atoms with Crippen LogP contribution in [0.15, 0.2) is 16.6 Å². The maximum Gasteiger partial charge on any atom is 0.338 e. The Bertz CT molecular complexity index is 440. The van der Waals surface area contributed by atoms with E-state index in [1.807, 2.05) is 6.07 Å². The second-order valence-corrected chi connectivity index (χ2v) is 4.61. The molecular formula is C10H7BrINO2. The highest BCUT2D eigenvalue weighted by Gasteiger charge is 2.12. The lowest BCUT2D eigenvalue weighted by atomic mass is 10.1. The zero-order chi connectivity index (χ0) is 11.4. The summed E-state index contributed by atoms with van der Waals surface area (Å²) in [4.78, 5) is 11.4. The van der Waals surface area contributed by atoms with Crippen molar-refractivity contribution >= 4 is 44.5 Å². The first-order valence-electron chi connectivity index (χ1n) is 4.16. The van der Waals surface area contributed by atoms with Crippen molar-refractivity contribution in [3.8, 4) is 6.07 Å². The lowest BCUT2D eigenvalue weighted by Crippen LogP contribution is -2.05. The number of carbonyl (C=O) groups excluding carboxylic acids is 1. The highest BCUT2D eigenvalue weighted by atomic mass is 127. The zero-order valence-electron chi connectivity index (χ0n) is 7.88. The minimum atomic E-state index is -0.403. The van der Waals surface area contributed by atoms with Crippen molar-refractivity contribution in [3.05, 3.63) is 31.3 Å². The highest BCUT2D eigenvalue weighted by Crippen LogP contribution is 2.25. The number of halogens is 2. The van der Waals surface area contributed by atoms with E-state index in [-0.39, 0.29) is 0 Å². The number of esters is 1. The van der Waals surface area contributed by atoms with Gasteiger partial charge < -0.3 is 4.74 Å². The second kappa shape index (κ2) is 5.47. The minimum absolute atomic E-state index is 0.327. The molecule has 0 spiro atoms. The molecule has 3 nitrogen and oxygen atoms in total. The normalized spacial score (nSPS) is 9.47. The van der Waals surface area contributed by atoms with Gasteiger partial charge in [0.05, 0.1) is 17.7 Å². The largest absolute Gasteiger partial charge is 0.462 e. The van der Waals surface area contributed by atoms with Crippen molar-refractivity contribution in [2.24, 2.45) is 0 Å². The van der Waals surface area contributed by atoms with Gasteiger partial charge in [0.1, 0.15) is 6.07 Å². The molecule has 0 aliphatic rings. The summed E-state index contributed by atoms with van der Waals surface area (Å²) in [6, 6.07) is 5.22. The van der Waals surface area contributed by atoms with Crippen LogP contribution >= 0.6 is 38.5 Å². The van der Waals surface area contributed by atoms with Crippen molar-refractivity contribution in [3.63, 3.8) is 0 Å². The number of benzene rings is 1. The van der Waals surface area contributed by atoms with E-state index in [4.69, 9.17) is 10.00 Å². The third-order valence-electron chi connectivity index (χ3n) is 1.66. The first-order valence-corrected chi connectivity index (χ1v) is 6.03. The second-order valence-electron chi connectivity index (χ2n) is 2.65. The molecule has 1 aromatic carbocycles. The van der Waals surface area contributed by atoms with E-state index in [9.17, 15) is 4.79 Å². The third-order valence-corrected chi connectivity index (χ3v) is 4.11. The Morgan fingerprint density at radius 2 is 2.33 bits per heavy atom. The molecule has 0 radical (unpaired) electrons. The van der Waals surface area contributed by atoms with Gasteiger partial charge in [0.25, 0.3) is 0 Å². The number of nitriles is 1. The Balaban J connectivity index is 3.18. The van der Waals surface area contributed by atoms with Crippen LogP contribution in [0.3, 0.4) is 0 Å². The number of nitrogens with zero attached hydrogens (tertiary/aromatic N) is 1. The third kappa shape index (κ3) is 2.92. The number of hydrogen-bond acceptors (Lipinski definition) is 3. The summed E-state index contributed by atoms with van der Waals surface area (Å²) in [6.45, 7) is 2.07. The summed E-state index contributed by atoms with van der Waals surface area (Å²) in [5, 5.41) is 8.84. The van der Waals surface area contributed by atoms with Gasteiger partial charge in [-0.1, -0.05) is 0 Å². The summed E-state index contributed by atoms with van der Waals surface area (Å²) in [5.74, 6) is -0.403. The average Bonchev–Trinajstić information content (AvgIpc) is 2.22. The molecule has 0 fully saturated rings. The van der Waals surface area contributed by atoms with Gasteiger partial charge in [0.15, 0.2) is 0 Å². The maximum absolute atomic E-state index is 11.4. The molecule has 0 aliphatic carbocycles. The molecule has 1 aromatic rings. The van der Waals surface area contributed by atoms with E-state index in [0.29, 0.717) is 22.2 Å². The van der Waals surface area contributed by atoms with Gasteiger partial charge in [-0.2, -0.15) is 5.26 Å². The van der Waals surface area contributed by atoms with Gasteiger partial charge in [-0.05, 0) is 57.6 Å². The van der Waals surface area contributed by atoms with Crippen LogP contribution in [-0.2, 0) is 4.74 Å². The zero-order valence-corrected chi connectivity index (χ0v) is 11.6. The predicted octanol–water partition coefficient (Wildman–Crippen LogP) is 3.10. The summed E-state index contributed by atoms with van der Waals surface area (Å²) in [6.07, 6.45) is 0. The SMILES string of the molecule is CCOC(=O)c1cc(I)c(Br)c(C#N)c1. The molecule has 0 saturated heterocycles. The first kappa shape index (κ1) is 12.5. The topological polar surface area (TPSA) is 50.1 Å². The molecule has 0 heterocycles. The molecule has 0 saturated carbocycles. The first-order chi connectivity index (χ1) is 7.10. The van der Waals surface area contributed by atoms with Crippen LogP contribution in [0, 0.1) is 14.9 Å². The average molecular weight is 380 g/mol. The van der Waals surface area contributed by atoms with Crippen LogP contribution < -0.4 is 0 Å². The van der Waals surface area contributed by atoms with Crippen LogP contribution in [0.25, 0.3) is 0 Å². The molecule has 0 amide bonds. The number of ether oxygens (including phenoxy) is 1. The Morgan fingerprint density at radius 3 is 2.87 bits per heavy atom. The monoisotopic (exact) mass is 379 g/mol. The molecule has 0 N–H and O–H groups in total. The van der Waals surface area contributed by atoms with Gasteiger partial charge in [-0.25, -0.2) is 4.79 Å². The van der Waals surface area contributed by atoms with E-state index in [1.165, 1.54) is 6.07 Å². The van der Waals surface area contributed by atoms with Gasteiger partial charge in [-0.3, -0.25) is 0 Å². The standard InChI is InChI=1S/C10H7BrINO2/c1-2-15-10(14)6-3-7(5-13)9(11)8(12)4-6/h3-4H,2H2,1H3. The van der Waals surface area contributed by atoms with Crippen LogP contribution in [0.2, 0.25) is 0 Å². The van der Waals surface area contributed by atoms with E-state index >= 15 is 0 Å². The highest BCUT2D eigenvalue weighted by molar-refractivity contribution is 14.1. The molecule has 0 atom stereocenters. The van der Waals surface area contributed by atoms with Crippen molar-refractivity contribution in [1.82, 2.24) is 0 Å². The quantitative estimate of drug-likeness (QED) is 0.586. The lowest BCUT2D eigenvalue weighted by Gasteiger charge is -2.04. The summed E-state index contributed by atoms with van der Waals surface area (Å²) < 4.78 is 6.38. The molecule has 0 unspecified atom stereocenters. The minimum Gasteiger partial charge on any atom is -0.462 e. The van der Waals surface area contributed by atoms with E-state index in [1.54, 1.807) is 13.0 Å². The van der Waals surface area contributed by atoms with Crippen LogP contribution in [0.1, 0.15) is 22.8 Å². The summed E-state index contributed by atoms with van der Waals surface area (Å²) >= 11 is 5.34. The van der Waals surface area contributed by atoms with E-state index in [0.717, 1.165) is 3.57 Å². The number of carbonyl (C=O) groups is 1. The Labute approximate surface area is 110 Å². The molecule has 5 heteroatoms. The van der Waals surface area contributed by atoms with E-state index < -0.39 is 5.97 Å². The fourth-order valence-corrected chi connectivity index (χ4v) is 1.95. The van der Waals surface area contributed by atoms with Crippen molar-refractivity contribution in [2.75, 3.05) is 6.61 Å². The molecule has 0 aliphatic heterocycles. The molecule has 0 aromatic heterocycles. The molecular weight excluding hydrogens is 373 g/mol. The van der Waals surface area contributed by atoms with Crippen molar-refractivity contribution in [2.45, 2.75) is 6.92 Å². The molecule has 15 heavy (non-hydrogen) atoms. The molecule has 0 bridgehead atoms. The van der Waals surface area contributed by atoms with Crippen molar-refractivity contribution < 1.29 is 9.53 Å². The number of rotatable bonds is 2. The van der Waals surface area contributed by atoms with Crippen molar-refractivity contribution in [1.29, 1.82) is 5.26 Å². The Morgan fingerprint density at radius 1 is 1.67 bits per heavy atom. The fraction of sp³-hybridized carbons (Fsp3) is 0.200. The van der Waals surface area contributed by atoms with Crippen LogP contribution in [0.5, 0.6) is 0 Å². The maximum atomic E-state index is 11.4. The van der Waals surface area contributed by atoms with Gasteiger partial charge in [-0.15, -0.1) is 0 Å². The Hall–Kier alpha value is -0.610. The van der Waals surface area contributed by atoms with Gasteiger partial charge in [0, 0.05) is 8.04 Å². The van der Waals surface area contributed by atoms with Gasteiger partial charge >= 0.3 is 5.97 Å². The lowest BCUT2D eigenvalue weighted by molar-refractivity contribution is 0.0526. The number of hydrogen-bond donors (Lipinski definition) is 0. The Kier molecular flexibility index (Phi) is 4.54. The smallest absolute Gasteiger partial charge is 0.338 e. The van der Waals surface area contributed by atoms with Crippen LogP contribution in [-0.4, -0.2) is 12.6 Å². The molecule has 78 valence electrons. The predicted molar refractivity (Wildman–Crippen MR) is 67.5 cm³/mol.